The molecule has 8 nitrogen and oxygen atoms in total. The number of hydrogen-bond donors (Lipinski definition) is 2. The molecule has 168 valence electrons. The van der Waals surface area contributed by atoms with Gasteiger partial charge in [-0.05, 0) is 50.4 Å². The maximum atomic E-state index is 12.6. The minimum absolute atomic E-state index is 0.223. The first kappa shape index (κ1) is 21.6. The lowest BCUT2D eigenvalue weighted by Crippen LogP contribution is -2.36. The third-order valence-electron chi connectivity index (χ3n) is 6.53. The highest BCUT2D eigenvalue weighted by Gasteiger charge is 2.25. The highest BCUT2D eigenvalue weighted by Crippen LogP contribution is 2.29. The van der Waals surface area contributed by atoms with Gasteiger partial charge in [-0.3, -0.25) is 4.98 Å². The van der Waals surface area contributed by atoms with E-state index in [4.69, 9.17) is 9.84 Å². The number of aromatic amines is 1. The Labute approximate surface area is 182 Å². The van der Waals surface area contributed by atoms with Crippen molar-refractivity contribution in [2.24, 2.45) is 5.92 Å². The largest absolute Gasteiger partial charge is 0.482 e. The lowest BCUT2D eigenvalue weighted by molar-refractivity contribution is -0.139. The van der Waals surface area contributed by atoms with Crippen molar-refractivity contribution in [2.75, 3.05) is 26.2 Å². The molecule has 0 unspecified atom stereocenters. The van der Waals surface area contributed by atoms with E-state index in [0.717, 1.165) is 44.2 Å². The summed E-state index contributed by atoms with van der Waals surface area (Å²) in [4.78, 5) is 28.8. The fourth-order valence-corrected chi connectivity index (χ4v) is 4.87. The van der Waals surface area contributed by atoms with Crippen LogP contribution in [0.4, 0.5) is 0 Å². The molecule has 1 aliphatic carbocycles. The Bertz CT molecular complexity index is 932. The molecule has 1 aromatic carbocycles. The summed E-state index contributed by atoms with van der Waals surface area (Å²) in [7, 11) is 0. The third-order valence-corrected chi connectivity index (χ3v) is 6.53. The van der Waals surface area contributed by atoms with Crippen LogP contribution in [0, 0.1) is 5.92 Å². The normalized spacial score (nSPS) is 20.6. The summed E-state index contributed by atoms with van der Waals surface area (Å²) in [5.41, 5.74) is 0.269. The van der Waals surface area contributed by atoms with E-state index >= 15 is 0 Å². The molecule has 0 radical (unpaired) electrons. The van der Waals surface area contributed by atoms with Gasteiger partial charge in [0.25, 0.3) is 0 Å². The van der Waals surface area contributed by atoms with E-state index in [9.17, 15) is 9.59 Å². The van der Waals surface area contributed by atoms with Crippen molar-refractivity contribution in [3.05, 3.63) is 40.6 Å². The Balaban J connectivity index is 1.40. The standard InChI is InChI=1S/C23H32N4O4/c28-21(29)16-31-20-10-4-9-19(14-20)27-23(30)24-22(25-27)18-8-5-12-26(15-18)13-11-17-6-2-1-3-7-17/h4,9-10,14,17-18H,1-3,5-8,11-13,15-16H2,(H,28,29)(H,24,25,30)/t18-/m0/s1. The van der Waals surface area contributed by atoms with E-state index in [0.29, 0.717) is 11.4 Å². The van der Waals surface area contributed by atoms with Crippen LogP contribution in [0.15, 0.2) is 29.1 Å². The van der Waals surface area contributed by atoms with E-state index < -0.39 is 12.6 Å². The lowest BCUT2D eigenvalue weighted by Gasteiger charge is -2.33. The second kappa shape index (κ2) is 10.1. The van der Waals surface area contributed by atoms with Gasteiger partial charge < -0.3 is 14.7 Å². The minimum atomic E-state index is -1.05. The van der Waals surface area contributed by atoms with Crippen LogP contribution >= 0.6 is 0 Å². The van der Waals surface area contributed by atoms with Crippen molar-refractivity contribution in [3.63, 3.8) is 0 Å². The molecule has 2 aliphatic rings. The highest BCUT2D eigenvalue weighted by atomic mass is 16.5. The van der Waals surface area contributed by atoms with Crippen molar-refractivity contribution in [1.29, 1.82) is 0 Å². The number of H-pyrrole nitrogens is 1. The molecule has 0 spiro atoms. The number of piperidine rings is 1. The molecule has 1 aromatic heterocycles. The van der Waals surface area contributed by atoms with Gasteiger partial charge in [-0.15, -0.1) is 5.10 Å². The number of aromatic nitrogens is 3. The number of carboxylic acid groups (broad SMARTS) is 1. The summed E-state index contributed by atoms with van der Waals surface area (Å²) in [6, 6.07) is 6.78. The van der Waals surface area contributed by atoms with E-state index in [1.165, 1.54) is 43.2 Å². The van der Waals surface area contributed by atoms with Crippen molar-refractivity contribution < 1.29 is 14.6 Å². The Kier molecular flexibility index (Phi) is 7.06. The van der Waals surface area contributed by atoms with Crippen molar-refractivity contribution in [2.45, 2.75) is 57.3 Å². The molecule has 1 saturated carbocycles. The van der Waals surface area contributed by atoms with E-state index in [2.05, 4.69) is 15.0 Å². The molecule has 2 fully saturated rings. The Hall–Kier alpha value is -2.61. The van der Waals surface area contributed by atoms with Crippen molar-refractivity contribution in [1.82, 2.24) is 19.7 Å². The van der Waals surface area contributed by atoms with Crippen LogP contribution in [0.3, 0.4) is 0 Å². The Morgan fingerprint density at radius 2 is 2.03 bits per heavy atom. The number of carbonyl (C=O) groups is 1. The van der Waals surface area contributed by atoms with Gasteiger partial charge in [0.1, 0.15) is 11.6 Å². The van der Waals surface area contributed by atoms with Crippen LogP contribution in [0.2, 0.25) is 0 Å². The second-order valence-corrected chi connectivity index (χ2v) is 8.84. The molecule has 0 bridgehead atoms. The first-order valence-corrected chi connectivity index (χ1v) is 11.4. The minimum Gasteiger partial charge on any atom is -0.482 e. The molecule has 8 heteroatoms. The number of rotatable bonds is 8. The molecule has 0 amide bonds. The van der Waals surface area contributed by atoms with Crippen LogP contribution in [-0.2, 0) is 4.79 Å². The SMILES string of the molecule is O=C(O)COc1cccc(-n2nc([C@H]3CCCN(CCC4CCCCC4)C3)[nH]c2=O)c1. The summed E-state index contributed by atoms with van der Waals surface area (Å²) < 4.78 is 6.56. The fourth-order valence-electron chi connectivity index (χ4n) is 4.87. The van der Waals surface area contributed by atoms with Crippen LogP contribution in [0.25, 0.3) is 5.69 Å². The summed E-state index contributed by atoms with van der Waals surface area (Å²) in [6.45, 7) is 2.76. The first-order chi connectivity index (χ1) is 15.1. The number of ether oxygens (including phenoxy) is 1. The average molecular weight is 429 g/mol. The Morgan fingerprint density at radius 3 is 2.84 bits per heavy atom. The maximum Gasteiger partial charge on any atom is 0.348 e. The molecule has 4 rings (SSSR count). The molecule has 2 heterocycles. The van der Waals surface area contributed by atoms with Crippen LogP contribution < -0.4 is 10.4 Å². The Morgan fingerprint density at radius 1 is 1.19 bits per heavy atom. The molecule has 31 heavy (non-hydrogen) atoms. The predicted octanol–water partition coefficient (Wildman–Crippen LogP) is 3.17. The van der Waals surface area contributed by atoms with Gasteiger partial charge in [0, 0.05) is 18.5 Å². The molecule has 1 aliphatic heterocycles. The zero-order valence-corrected chi connectivity index (χ0v) is 18.0. The van der Waals surface area contributed by atoms with E-state index in [-0.39, 0.29) is 11.6 Å². The molecule has 2 N–H and O–H groups in total. The van der Waals surface area contributed by atoms with Gasteiger partial charge in [0.2, 0.25) is 0 Å². The topological polar surface area (TPSA) is 100 Å². The van der Waals surface area contributed by atoms with Gasteiger partial charge in [-0.1, -0.05) is 38.2 Å². The predicted molar refractivity (Wildman–Crippen MR) is 117 cm³/mol. The third kappa shape index (κ3) is 5.76. The van der Waals surface area contributed by atoms with E-state index in [1.54, 1.807) is 24.3 Å². The number of aliphatic carboxylic acids is 1. The smallest absolute Gasteiger partial charge is 0.348 e. The average Bonchev–Trinajstić information content (AvgIpc) is 3.19. The number of carboxylic acids is 1. The van der Waals surface area contributed by atoms with Gasteiger partial charge in [-0.25, -0.2) is 9.59 Å². The highest BCUT2D eigenvalue weighted by molar-refractivity contribution is 5.68. The number of benzene rings is 1. The maximum absolute atomic E-state index is 12.6. The van der Waals surface area contributed by atoms with Gasteiger partial charge in [0.15, 0.2) is 6.61 Å². The van der Waals surface area contributed by atoms with Crippen molar-refractivity contribution >= 4 is 5.97 Å². The van der Waals surface area contributed by atoms with Gasteiger partial charge in [0.05, 0.1) is 5.69 Å². The van der Waals surface area contributed by atoms with Gasteiger partial charge >= 0.3 is 11.7 Å². The summed E-state index contributed by atoms with van der Waals surface area (Å²) in [5.74, 6) is 1.17. The molecule has 1 saturated heterocycles. The lowest BCUT2D eigenvalue weighted by atomic mass is 9.86. The monoisotopic (exact) mass is 428 g/mol. The van der Waals surface area contributed by atoms with Crippen LogP contribution in [-0.4, -0.2) is 57.0 Å². The fraction of sp³-hybridized carbons (Fsp3) is 0.609. The first-order valence-electron chi connectivity index (χ1n) is 11.4. The van der Waals surface area contributed by atoms with Crippen LogP contribution in [0.1, 0.15) is 63.1 Å². The second-order valence-electron chi connectivity index (χ2n) is 8.84. The zero-order chi connectivity index (χ0) is 21.6. The number of hydrogen-bond acceptors (Lipinski definition) is 5. The molecular formula is C23H32N4O4. The van der Waals surface area contributed by atoms with Crippen LogP contribution in [0.5, 0.6) is 5.75 Å². The number of nitrogens with one attached hydrogen (secondary N) is 1. The van der Waals surface area contributed by atoms with E-state index in [1.807, 2.05) is 0 Å². The summed E-state index contributed by atoms with van der Waals surface area (Å²) >= 11 is 0. The quantitative estimate of drug-likeness (QED) is 0.670. The van der Waals surface area contributed by atoms with Gasteiger partial charge in [-0.2, -0.15) is 4.68 Å². The number of likely N-dealkylation sites (tertiary alicyclic amines) is 1. The molecule has 2 aromatic rings. The van der Waals surface area contributed by atoms with Crippen molar-refractivity contribution in [3.8, 4) is 11.4 Å². The summed E-state index contributed by atoms with van der Waals surface area (Å²) in [5, 5.41) is 13.4. The molecule has 1 atom stereocenters. The zero-order valence-electron chi connectivity index (χ0n) is 18.0. The summed E-state index contributed by atoms with van der Waals surface area (Å²) in [6.07, 6.45) is 10.3. The molecular weight excluding hydrogens is 396 g/mol. The number of nitrogens with zero attached hydrogens (tertiary/aromatic N) is 3.